The number of carbonyl (C=O) groups is 2. The Labute approximate surface area is 199 Å². The Hall–Kier alpha value is -4.18. The van der Waals surface area contributed by atoms with Gasteiger partial charge in [-0.2, -0.15) is 0 Å². The van der Waals surface area contributed by atoms with E-state index in [2.05, 4.69) is 5.32 Å². The van der Waals surface area contributed by atoms with Gasteiger partial charge in [-0.05, 0) is 79.1 Å². The summed E-state index contributed by atoms with van der Waals surface area (Å²) >= 11 is 0. The SMILES string of the molecule is Cc1cc(C)cc(N2C(=O)C(Nc3cccc4ccccc34)=C(c3ccc(C)c(C)c3)C2=O)c1. The van der Waals surface area contributed by atoms with Crippen LogP contribution < -0.4 is 10.2 Å². The Morgan fingerprint density at radius 2 is 1.38 bits per heavy atom. The number of rotatable bonds is 4. The van der Waals surface area contributed by atoms with Crippen molar-refractivity contribution in [3.63, 3.8) is 0 Å². The molecule has 4 aromatic carbocycles. The molecule has 1 heterocycles. The molecule has 0 saturated carbocycles. The lowest BCUT2D eigenvalue weighted by atomic mass is 9.99. The molecule has 0 aliphatic carbocycles. The maximum absolute atomic E-state index is 13.8. The highest BCUT2D eigenvalue weighted by molar-refractivity contribution is 6.46. The molecule has 0 atom stereocenters. The van der Waals surface area contributed by atoms with Crippen molar-refractivity contribution in [3.8, 4) is 0 Å². The number of nitrogens with one attached hydrogen (secondary N) is 1. The summed E-state index contributed by atoms with van der Waals surface area (Å²) in [6.45, 7) is 7.98. The number of hydrogen-bond donors (Lipinski definition) is 1. The van der Waals surface area contributed by atoms with Gasteiger partial charge >= 0.3 is 0 Å². The zero-order chi connectivity index (χ0) is 24.0. The van der Waals surface area contributed by atoms with Gasteiger partial charge in [-0.3, -0.25) is 9.59 Å². The minimum absolute atomic E-state index is 0.295. The van der Waals surface area contributed by atoms with Crippen LogP contribution in [0.4, 0.5) is 11.4 Å². The molecule has 4 nitrogen and oxygen atoms in total. The van der Waals surface area contributed by atoms with Crippen LogP contribution in [0.25, 0.3) is 16.3 Å². The number of anilines is 2. The Morgan fingerprint density at radius 3 is 2.12 bits per heavy atom. The van der Waals surface area contributed by atoms with Gasteiger partial charge in [0.1, 0.15) is 5.70 Å². The molecule has 5 rings (SSSR count). The third-order valence-electron chi connectivity index (χ3n) is 6.39. The Balaban J connectivity index is 1.69. The number of nitrogens with zero attached hydrogens (tertiary/aromatic N) is 1. The molecule has 0 saturated heterocycles. The molecule has 0 fully saturated rings. The molecule has 1 aliphatic rings. The average molecular weight is 447 g/mol. The minimum Gasteiger partial charge on any atom is -0.350 e. The summed E-state index contributed by atoms with van der Waals surface area (Å²) < 4.78 is 0. The van der Waals surface area contributed by atoms with Crippen LogP contribution in [0, 0.1) is 27.7 Å². The Morgan fingerprint density at radius 1 is 0.676 bits per heavy atom. The number of amides is 2. The predicted octanol–water partition coefficient (Wildman–Crippen LogP) is 6.47. The maximum atomic E-state index is 13.8. The zero-order valence-corrected chi connectivity index (χ0v) is 19.8. The fourth-order valence-electron chi connectivity index (χ4n) is 4.59. The summed E-state index contributed by atoms with van der Waals surface area (Å²) in [5, 5.41) is 5.39. The van der Waals surface area contributed by atoms with E-state index in [9.17, 15) is 9.59 Å². The van der Waals surface area contributed by atoms with Gasteiger partial charge in [0.25, 0.3) is 11.8 Å². The molecule has 0 bridgehead atoms. The molecule has 2 amide bonds. The predicted molar refractivity (Wildman–Crippen MR) is 139 cm³/mol. The molecule has 0 spiro atoms. The van der Waals surface area contributed by atoms with Crippen LogP contribution in [0.2, 0.25) is 0 Å². The van der Waals surface area contributed by atoms with Gasteiger partial charge in [0, 0.05) is 11.1 Å². The fraction of sp³-hybridized carbons (Fsp3) is 0.133. The number of aryl methyl sites for hydroxylation is 4. The van der Waals surface area contributed by atoms with E-state index >= 15 is 0 Å². The quantitative estimate of drug-likeness (QED) is 0.366. The van der Waals surface area contributed by atoms with Gasteiger partial charge in [0.15, 0.2) is 0 Å². The Kier molecular flexibility index (Phi) is 5.29. The molecule has 1 N–H and O–H groups in total. The van der Waals surface area contributed by atoms with Crippen LogP contribution in [0.15, 0.2) is 84.6 Å². The summed E-state index contributed by atoms with van der Waals surface area (Å²) in [6.07, 6.45) is 0. The number of benzene rings is 4. The smallest absolute Gasteiger partial charge is 0.282 e. The van der Waals surface area contributed by atoms with Gasteiger partial charge < -0.3 is 5.32 Å². The molecule has 4 aromatic rings. The molecule has 168 valence electrons. The van der Waals surface area contributed by atoms with E-state index in [1.54, 1.807) is 0 Å². The second-order valence-corrected chi connectivity index (χ2v) is 8.99. The average Bonchev–Trinajstić information content (AvgIpc) is 3.04. The lowest BCUT2D eigenvalue weighted by Gasteiger charge is -2.17. The molecule has 4 heteroatoms. The topological polar surface area (TPSA) is 49.4 Å². The third-order valence-corrected chi connectivity index (χ3v) is 6.39. The van der Waals surface area contributed by atoms with Crippen molar-refractivity contribution in [2.75, 3.05) is 10.2 Å². The lowest BCUT2D eigenvalue weighted by Crippen LogP contribution is -2.32. The highest BCUT2D eigenvalue weighted by atomic mass is 16.2. The van der Waals surface area contributed by atoms with Crippen molar-refractivity contribution in [3.05, 3.63) is 112 Å². The van der Waals surface area contributed by atoms with E-state index in [0.717, 1.165) is 44.3 Å². The summed E-state index contributed by atoms with van der Waals surface area (Å²) in [6, 6.07) is 25.6. The van der Waals surface area contributed by atoms with E-state index in [4.69, 9.17) is 0 Å². The second-order valence-electron chi connectivity index (χ2n) is 8.99. The van der Waals surface area contributed by atoms with Crippen molar-refractivity contribution in [2.24, 2.45) is 0 Å². The van der Waals surface area contributed by atoms with Crippen molar-refractivity contribution in [1.82, 2.24) is 0 Å². The van der Waals surface area contributed by atoms with Crippen molar-refractivity contribution in [2.45, 2.75) is 27.7 Å². The zero-order valence-electron chi connectivity index (χ0n) is 19.8. The highest BCUT2D eigenvalue weighted by Gasteiger charge is 2.40. The number of carbonyl (C=O) groups excluding carboxylic acids is 2. The molecular weight excluding hydrogens is 420 g/mol. The molecule has 34 heavy (non-hydrogen) atoms. The van der Waals surface area contributed by atoms with Crippen LogP contribution >= 0.6 is 0 Å². The van der Waals surface area contributed by atoms with Crippen LogP contribution in [-0.4, -0.2) is 11.8 Å². The summed E-state index contributed by atoms with van der Waals surface area (Å²) in [5.41, 5.74) is 6.99. The van der Waals surface area contributed by atoms with Gasteiger partial charge in [-0.25, -0.2) is 4.90 Å². The maximum Gasteiger partial charge on any atom is 0.282 e. The molecule has 0 radical (unpaired) electrons. The monoisotopic (exact) mass is 446 g/mol. The lowest BCUT2D eigenvalue weighted by molar-refractivity contribution is -0.120. The number of fused-ring (bicyclic) bond motifs is 1. The first-order valence-corrected chi connectivity index (χ1v) is 11.4. The largest absolute Gasteiger partial charge is 0.350 e. The summed E-state index contributed by atoms with van der Waals surface area (Å²) in [7, 11) is 0. The van der Waals surface area contributed by atoms with E-state index in [0.29, 0.717) is 17.0 Å². The minimum atomic E-state index is -0.351. The van der Waals surface area contributed by atoms with Gasteiger partial charge in [-0.1, -0.05) is 60.7 Å². The van der Waals surface area contributed by atoms with Crippen molar-refractivity contribution >= 4 is 39.5 Å². The van der Waals surface area contributed by atoms with E-state index in [-0.39, 0.29) is 11.8 Å². The molecule has 0 unspecified atom stereocenters. The van der Waals surface area contributed by atoms with E-state index in [1.807, 2.05) is 107 Å². The number of imide groups is 1. The second kappa shape index (κ2) is 8.31. The standard InChI is InChI=1S/C30H26N2O2/c1-18-14-19(2)16-24(15-18)32-29(33)27(23-13-12-20(3)21(4)17-23)28(30(32)34)31-26-11-7-9-22-8-5-6-10-25(22)26/h5-17,31H,1-4H3. The highest BCUT2D eigenvalue weighted by Crippen LogP contribution is 2.36. The summed E-state index contributed by atoms with van der Waals surface area (Å²) in [4.78, 5) is 28.9. The molecule has 1 aliphatic heterocycles. The third kappa shape index (κ3) is 3.67. The summed E-state index contributed by atoms with van der Waals surface area (Å²) in [5.74, 6) is -0.669. The first-order chi connectivity index (χ1) is 16.3. The van der Waals surface area contributed by atoms with Gasteiger partial charge in [0.2, 0.25) is 0 Å². The number of hydrogen-bond acceptors (Lipinski definition) is 3. The van der Waals surface area contributed by atoms with Crippen molar-refractivity contribution in [1.29, 1.82) is 0 Å². The van der Waals surface area contributed by atoms with Crippen molar-refractivity contribution < 1.29 is 9.59 Å². The van der Waals surface area contributed by atoms with Crippen LogP contribution in [-0.2, 0) is 9.59 Å². The van der Waals surface area contributed by atoms with E-state index < -0.39 is 0 Å². The normalized spacial score (nSPS) is 13.8. The van der Waals surface area contributed by atoms with Crippen LogP contribution in [0.5, 0.6) is 0 Å². The van der Waals surface area contributed by atoms with Crippen LogP contribution in [0.1, 0.15) is 27.8 Å². The molecule has 0 aromatic heterocycles. The fourth-order valence-corrected chi connectivity index (χ4v) is 4.59. The molecular formula is C30H26N2O2. The first kappa shape index (κ1) is 21.7. The van der Waals surface area contributed by atoms with Gasteiger partial charge in [-0.15, -0.1) is 0 Å². The van der Waals surface area contributed by atoms with E-state index in [1.165, 1.54) is 4.90 Å². The van der Waals surface area contributed by atoms with Crippen LogP contribution in [0.3, 0.4) is 0 Å². The first-order valence-electron chi connectivity index (χ1n) is 11.4. The van der Waals surface area contributed by atoms with Gasteiger partial charge in [0.05, 0.1) is 11.3 Å². The Bertz CT molecular complexity index is 1490.